The fourth-order valence-corrected chi connectivity index (χ4v) is 9.30. The van der Waals surface area contributed by atoms with E-state index in [2.05, 4.69) is 10.3 Å². The van der Waals surface area contributed by atoms with Crippen LogP contribution in [0.1, 0.15) is 47.4 Å². The average Bonchev–Trinajstić information content (AvgIpc) is 4.16. The third-order valence-electron chi connectivity index (χ3n) is 13.1. The van der Waals surface area contributed by atoms with E-state index in [-0.39, 0.29) is 67.8 Å². The van der Waals surface area contributed by atoms with Crippen molar-refractivity contribution in [1.29, 1.82) is 0 Å². The summed E-state index contributed by atoms with van der Waals surface area (Å²) in [6, 6.07) is 57.5. The molecule has 0 saturated carbocycles. The lowest BCUT2D eigenvalue weighted by atomic mass is 10.1. The standard InChI is InChI=1S/C62H57N3O12/c1-62(2)76-60-59(73-39-45-26-16-7-17-27-45)57(75-61(60)77-62)49(66)34-65-33-47(63-64-65)40-71-52-31-48(68-35-41-18-8-3-9-19-41)32-53-54(52)55(67)58(72-38-44-24-14-6-15-25-44)56(74-53)46-28-29-50(69-36-42-20-10-4-11-21-42)51(30-46)70-37-43-22-12-5-13-23-43/h3-33,49,57,59-61,66H,34-40H2,1-2H3/t49-,57+,59-,60+,61+/m0/s1. The van der Waals surface area contributed by atoms with Crippen molar-refractivity contribution in [3.8, 4) is 40.1 Å². The van der Waals surface area contributed by atoms with Crippen LogP contribution in [0, 0.1) is 0 Å². The molecule has 2 fully saturated rings. The quantitative estimate of drug-likeness (QED) is 0.0682. The van der Waals surface area contributed by atoms with Gasteiger partial charge in [-0.05, 0) is 59.9 Å². The summed E-state index contributed by atoms with van der Waals surface area (Å²) < 4.78 is 65.4. The van der Waals surface area contributed by atoms with Gasteiger partial charge in [0.05, 0.1) is 19.3 Å². The Labute approximate surface area is 445 Å². The summed E-state index contributed by atoms with van der Waals surface area (Å²) in [5, 5.41) is 20.5. The first-order valence-corrected chi connectivity index (χ1v) is 25.5. The van der Waals surface area contributed by atoms with Gasteiger partial charge in [0.1, 0.15) is 85.6 Å². The summed E-state index contributed by atoms with van der Waals surface area (Å²) in [5.41, 5.74) is 5.30. The Kier molecular flexibility index (Phi) is 15.4. The van der Waals surface area contributed by atoms with Gasteiger partial charge in [0.2, 0.25) is 11.2 Å². The molecule has 4 heterocycles. The van der Waals surface area contributed by atoms with Gasteiger partial charge >= 0.3 is 0 Å². The molecule has 0 amide bonds. The van der Waals surface area contributed by atoms with Gasteiger partial charge in [0, 0.05) is 17.7 Å². The molecular weight excluding hydrogens is 979 g/mol. The topological polar surface area (TPSA) is 164 Å². The van der Waals surface area contributed by atoms with Crippen LogP contribution in [-0.2, 0) is 65.1 Å². The normalized spacial score (nSPS) is 17.9. The molecule has 2 aliphatic rings. The summed E-state index contributed by atoms with van der Waals surface area (Å²) in [5.74, 6) is 0.718. The third-order valence-corrected chi connectivity index (χ3v) is 13.1. The number of fused-ring (bicyclic) bond motifs is 2. The smallest absolute Gasteiger partial charge is 0.239 e. The fourth-order valence-electron chi connectivity index (χ4n) is 9.30. The minimum absolute atomic E-state index is 0.00502. The third kappa shape index (κ3) is 12.4. The maximum absolute atomic E-state index is 15.2. The van der Waals surface area contributed by atoms with Crippen LogP contribution in [0.5, 0.6) is 28.7 Å². The summed E-state index contributed by atoms with van der Waals surface area (Å²) in [7, 11) is 0. The lowest BCUT2D eigenvalue weighted by Gasteiger charge is -2.28. The zero-order valence-electron chi connectivity index (χ0n) is 42.5. The van der Waals surface area contributed by atoms with Gasteiger partial charge < -0.3 is 52.2 Å². The van der Waals surface area contributed by atoms with Crippen molar-refractivity contribution in [2.45, 2.75) is 96.5 Å². The second-order valence-corrected chi connectivity index (χ2v) is 19.3. The number of aliphatic hydroxyl groups is 1. The predicted octanol–water partition coefficient (Wildman–Crippen LogP) is 10.8. The van der Waals surface area contributed by atoms with E-state index in [0.29, 0.717) is 35.1 Å². The molecule has 15 nitrogen and oxygen atoms in total. The van der Waals surface area contributed by atoms with Gasteiger partial charge in [-0.2, -0.15) is 0 Å². The highest BCUT2D eigenvalue weighted by Crippen LogP contribution is 2.42. The molecular formula is C62H57N3O12. The number of benzene rings is 7. The number of ether oxygens (including phenoxy) is 9. The highest BCUT2D eigenvalue weighted by molar-refractivity contribution is 5.89. The van der Waals surface area contributed by atoms with Crippen LogP contribution >= 0.6 is 0 Å². The molecule has 0 radical (unpaired) electrons. The highest BCUT2D eigenvalue weighted by atomic mass is 16.8. The first-order valence-electron chi connectivity index (χ1n) is 25.5. The van der Waals surface area contributed by atoms with E-state index >= 15 is 4.79 Å². The first-order chi connectivity index (χ1) is 37.7. The van der Waals surface area contributed by atoms with E-state index < -0.39 is 41.9 Å². The Bertz CT molecular complexity index is 3430. The summed E-state index contributed by atoms with van der Waals surface area (Å²) >= 11 is 0. The Balaban J connectivity index is 0.904. The van der Waals surface area contributed by atoms with Crippen LogP contribution in [0.15, 0.2) is 197 Å². The number of hydrogen-bond donors (Lipinski definition) is 1. The van der Waals surface area contributed by atoms with Crippen molar-refractivity contribution in [3.05, 3.63) is 232 Å². The Morgan fingerprint density at radius 2 is 1.14 bits per heavy atom. The van der Waals surface area contributed by atoms with Crippen LogP contribution in [0.2, 0.25) is 0 Å². The van der Waals surface area contributed by atoms with Gasteiger partial charge in [-0.3, -0.25) is 4.79 Å². The molecule has 15 heteroatoms. The molecule has 0 bridgehead atoms. The lowest BCUT2D eigenvalue weighted by molar-refractivity contribution is -0.231. The monoisotopic (exact) mass is 1040 g/mol. The van der Waals surface area contributed by atoms with Crippen LogP contribution in [-0.4, -0.2) is 56.6 Å². The SMILES string of the molecule is CC1(C)O[C@H]2O[C@H]([C@@H](O)Cn3cc(COc4cc(OCc5ccccc5)cc5oc(-c6ccc(OCc7ccccc7)c(OCc7ccccc7)c6)c(OCc6ccccc6)c(=O)c45)nn3)[C@H](OCc3ccccc3)[C@H]2O1. The fraction of sp³-hybridized carbons (Fsp3) is 0.242. The average molecular weight is 1040 g/mol. The van der Waals surface area contributed by atoms with E-state index in [9.17, 15) is 5.11 Å². The molecule has 1 N–H and O–H groups in total. The van der Waals surface area contributed by atoms with Gasteiger partial charge in [0.15, 0.2) is 29.3 Å². The van der Waals surface area contributed by atoms with Crippen molar-refractivity contribution >= 4 is 11.0 Å². The van der Waals surface area contributed by atoms with Crippen LogP contribution < -0.4 is 29.1 Å². The molecule has 11 rings (SSSR count). The Morgan fingerprint density at radius 1 is 0.597 bits per heavy atom. The minimum Gasteiger partial charge on any atom is -0.489 e. The van der Waals surface area contributed by atoms with Crippen molar-refractivity contribution in [2.24, 2.45) is 0 Å². The number of hydrogen-bond acceptors (Lipinski definition) is 14. The van der Waals surface area contributed by atoms with Gasteiger partial charge in [0.25, 0.3) is 0 Å². The largest absolute Gasteiger partial charge is 0.489 e. The molecule has 77 heavy (non-hydrogen) atoms. The summed E-state index contributed by atoms with van der Waals surface area (Å²) in [6.07, 6.45) is -2.17. The number of nitrogens with zero attached hydrogens (tertiary/aromatic N) is 3. The molecule has 0 aliphatic carbocycles. The van der Waals surface area contributed by atoms with Crippen molar-refractivity contribution in [3.63, 3.8) is 0 Å². The first kappa shape index (κ1) is 50.8. The Hall–Kier alpha value is -8.31. The lowest BCUT2D eigenvalue weighted by Crippen LogP contribution is -2.44. The van der Waals surface area contributed by atoms with Crippen molar-refractivity contribution < 1.29 is 52.2 Å². The summed E-state index contributed by atoms with van der Waals surface area (Å²) in [6.45, 7) is 4.65. The van der Waals surface area contributed by atoms with Gasteiger partial charge in [-0.15, -0.1) is 5.10 Å². The van der Waals surface area contributed by atoms with Gasteiger partial charge in [-0.25, -0.2) is 4.68 Å². The van der Waals surface area contributed by atoms with Gasteiger partial charge in [-0.1, -0.05) is 157 Å². The van der Waals surface area contributed by atoms with Crippen LogP contribution in [0.3, 0.4) is 0 Å². The second-order valence-electron chi connectivity index (χ2n) is 19.3. The van der Waals surface area contributed by atoms with Crippen LogP contribution in [0.25, 0.3) is 22.3 Å². The minimum atomic E-state index is -1.09. The predicted molar refractivity (Wildman–Crippen MR) is 285 cm³/mol. The Morgan fingerprint density at radius 3 is 1.75 bits per heavy atom. The van der Waals surface area contributed by atoms with Crippen molar-refractivity contribution in [2.75, 3.05) is 0 Å². The number of aromatic nitrogens is 3. The molecule has 2 aliphatic heterocycles. The molecule has 2 aromatic heterocycles. The number of rotatable bonds is 22. The zero-order chi connectivity index (χ0) is 52.6. The molecule has 0 unspecified atom stereocenters. The molecule has 5 atom stereocenters. The van der Waals surface area contributed by atoms with E-state index in [1.54, 1.807) is 30.5 Å². The van der Waals surface area contributed by atoms with E-state index in [1.807, 2.05) is 172 Å². The second kappa shape index (κ2) is 23.3. The van der Waals surface area contributed by atoms with Crippen LogP contribution in [0.4, 0.5) is 0 Å². The highest BCUT2D eigenvalue weighted by Gasteiger charge is 2.57. The van der Waals surface area contributed by atoms with E-state index in [0.717, 1.165) is 27.8 Å². The van der Waals surface area contributed by atoms with E-state index in [4.69, 9.17) is 47.0 Å². The van der Waals surface area contributed by atoms with Crippen molar-refractivity contribution in [1.82, 2.24) is 15.0 Å². The molecule has 2 saturated heterocycles. The maximum Gasteiger partial charge on any atom is 0.239 e. The molecule has 7 aromatic carbocycles. The maximum atomic E-state index is 15.2. The molecule has 9 aromatic rings. The molecule has 0 spiro atoms. The summed E-state index contributed by atoms with van der Waals surface area (Å²) in [4.78, 5) is 15.2. The zero-order valence-corrected chi connectivity index (χ0v) is 42.5. The number of aliphatic hydroxyl groups excluding tert-OH is 1. The van der Waals surface area contributed by atoms with E-state index in [1.165, 1.54) is 4.68 Å². The molecule has 392 valence electrons.